The lowest BCUT2D eigenvalue weighted by Gasteiger charge is -2.15. The summed E-state index contributed by atoms with van der Waals surface area (Å²) in [4.78, 5) is 12.3. The first-order valence-electron chi connectivity index (χ1n) is 8.62. The Labute approximate surface area is 168 Å². The average molecular weight is 445 g/mol. The molecule has 0 heterocycles. The molecular formula is C19H19ClF6O3. The van der Waals surface area contributed by atoms with Gasteiger partial charge in [0, 0.05) is 11.1 Å². The van der Waals surface area contributed by atoms with Crippen LogP contribution in [0.2, 0.25) is 0 Å². The van der Waals surface area contributed by atoms with Crippen molar-refractivity contribution in [2.45, 2.75) is 40.0 Å². The number of carbonyl (C=O) groups excluding carboxylic acids is 1. The van der Waals surface area contributed by atoms with E-state index in [0.717, 1.165) is 13.2 Å². The smallest absolute Gasteiger partial charge is 0.426 e. The molecule has 0 spiro atoms. The zero-order chi connectivity index (χ0) is 22.3. The van der Waals surface area contributed by atoms with Crippen molar-refractivity contribution in [2.24, 2.45) is 17.3 Å². The molecule has 3 nitrogen and oxygen atoms in total. The highest BCUT2D eigenvalue weighted by atomic mass is 35.5. The van der Waals surface area contributed by atoms with Gasteiger partial charge in [0.2, 0.25) is 5.82 Å². The normalized spacial score (nSPS) is 21.1. The topological polar surface area (TPSA) is 35.5 Å². The first-order chi connectivity index (χ1) is 13.3. The second-order valence-corrected chi connectivity index (χ2v) is 7.64. The summed E-state index contributed by atoms with van der Waals surface area (Å²) in [5.74, 6) is -7.68. The lowest BCUT2D eigenvalue weighted by atomic mass is 10.0. The van der Waals surface area contributed by atoms with Crippen LogP contribution in [0.25, 0.3) is 0 Å². The van der Waals surface area contributed by atoms with E-state index in [9.17, 15) is 31.1 Å². The Morgan fingerprint density at radius 2 is 1.72 bits per heavy atom. The van der Waals surface area contributed by atoms with Gasteiger partial charge in [-0.25, -0.2) is 8.78 Å². The maximum atomic E-state index is 14.3. The van der Waals surface area contributed by atoms with E-state index in [0.29, 0.717) is 0 Å². The molecule has 0 amide bonds. The lowest BCUT2D eigenvalue weighted by Crippen LogP contribution is -2.14. The highest BCUT2D eigenvalue weighted by Crippen LogP contribution is 2.60. The quantitative estimate of drug-likeness (QED) is 0.322. The zero-order valence-electron chi connectivity index (χ0n) is 16.0. The molecule has 0 aliphatic heterocycles. The summed E-state index contributed by atoms with van der Waals surface area (Å²) in [7, 11) is 0.981. The molecule has 29 heavy (non-hydrogen) atoms. The van der Waals surface area contributed by atoms with Crippen LogP contribution in [0.1, 0.15) is 31.9 Å². The highest BCUT2D eigenvalue weighted by molar-refractivity contribution is 6.30. The van der Waals surface area contributed by atoms with E-state index in [4.69, 9.17) is 16.3 Å². The molecule has 0 aromatic heterocycles. The number of halogens is 7. The fourth-order valence-electron chi connectivity index (χ4n) is 3.35. The largest absolute Gasteiger partial charge is 0.491 e. The summed E-state index contributed by atoms with van der Waals surface area (Å²) in [5.41, 5.74) is -1.58. The lowest BCUT2D eigenvalue weighted by molar-refractivity contribution is -0.147. The van der Waals surface area contributed by atoms with Gasteiger partial charge in [0.25, 0.3) is 0 Å². The minimum atomic E-state index is -4.74. The van der Waals surface area contributed by atoms with Crippen molar-refractivity contribution in [3.8, 4) is 5.75 Å². The van der Waals surface area contributed by atoms with Crippen LogP contribution in [0, 0.1) is 34.7 Å². The van der Waals surface area contributed by atoms with Crippen molar-refractivity contribution in [1.82, 2.24) is 0 Å². The van der Waals surface area contributed by atoms with Gasteiger partial charge in [-0.15, -0.1) is 0 Å². The number of hydrogen-bond donors (Lipinski definition) is 0. The number of carbonyl (C=O) groups is 1. The summed E-state index contributed by atoms with van der Waals surface area (Å²) in [6.45, 7) is 3.81. The second-order valence-electron chi connectivity index (χ2n) is 7.23. The Morgan fingerprint density at radius 1 is 1.14 bits per heavy atom. The molecule has 1 aliphatic rings. The monoisotopic (exact) mass is 444 g/mol. The Balaban J connectivity index is 2.22. The Kier molecular flexibility index (Phi) is 6.52. The Morgan fingerprint density at radius 3 is 2.21 bits per heavy atom. The minimum Gasteiger partial charge on any atom is -0.491 e. The van der Waals surface area contributed by atoms with Gasteiger partial charge in [-0.05, 0) is 17.8 Å². The molecule has 1 aliphatic carbocycles. The number of methoxy groups -OCH3 is 1. The fraction of sp³-hybridized carbons (Fsp3) is 0.526. The van der Waals surface area contributed by atoms with Crippen LogP contribution in [0.4, 0.5) is 26.3 Å². The number of ether oxygens (including phenoxy) is 2. The molecule has 0 bridgehead atoms. The molecule has 1 fully saturated rings. The fourth-order valence-corrected chi connectivity index (χ4v) is 3.49. The first-order valence-corrected chi connectivity index (χ1v) is 9.00. The van der Waals surface area contributed by atoms with E-state index in [1.165, 1.54) is 6.92 Å². The molecule has 162 valence electrons. The molecule has 0 radical (unpaired) electrons. The molecule has 0 unspecified atom stereocenters. The van der Waals surface area contributed by atoms with Crippen LogP contribution in [0.3, 0.4) is 0 Å². The molecule has 2 atom stereocenters. The van der Waals surface area contributed by atoms with Gasteiger partial charge >= 0.3 is 12.1 Å². The van der Waals surface area contributed by atoms with Gasteiger partial charge in [-0.3, -0.25) is 4.79 Å². The predicted molar refractivity (Wildman–Crippen MR) is 92.8 cm³/mol. The van der Waals surface area contributed by atoms with Crippen molar-refractivity contribution < 1.29 is 40.6 Å². The third-order valence-corrected chi connectivity index (χ3v) is 5.50. The Bertz CT molecular complexity index is 848. The van der Waals surface area contributed by atoms with E-state index in [-0.39, 0.29) is 12.0 Å². The summed E-state index contributed by atoms with van der Waals surface area (Å²) in [6, 6.07) is 0. The number of rotatable bonds is 6. The number of alkyl halides is 3. The molecule has 0 N–H and O–H groups in total. The van der Waals surface area contributed by atoms with Crippen molar-refractivity contribution in [3.05, 3.63) is 39.7 Å². The van der Waals surface area contributed by atoms with Crippen molar-refractivity contribution in [3.63, 3.8) is 0 Å². The van der Waals surface area contributed by atoms with Gasteiger partial charge in [0.05, 0.1) is 13.0 Å². The van der Waals surface area contributed by atoms with E-state index < -0.39 is 69.8 Å². The third-order valence-electron chi connectivity index (χ3n) is 5.16. The van der Waals surface area contributed by atoms with Gasteiger partial charge in [-0.1, -0.05) is 38.4 Å². The standard InChI is InChI=1S/C19H19ClF6O3/c1-5-8-9(13(21)15(23)16(28-4)14(8)22)7-29-17(27)12-10(18(12,2)3)6-11(20)19(24,25)26/h6,10,12H,5,7H2,1-4H3/b11-6-/t10-,12-/m0/s1. The number of benzene rings is 1. The summed E-state index contributed by atoms with van der Waals surface area (Å²) < 4.78 is 89.9. The Hall–Kier alpha value is -1.90. The maximum Gasteiger partial charge on any atom is 0.426 e. The maximum absolute atomic E-state index is 14.3. The van der Waals surface area contributed by atoms with Gasteiger partial charge in [0.1, 0.15) is 11.6 Å². The molecule has 10 heteroatoms. The summed E-state index contributed by atoms with van der Waals surface area (Å²) >= 11 is 5.23. The molecule has 1 saturated carbocycles. The third kappa shape index (κ3) is 4.34. The van der Waals surface area contributed by atoms with E-state index in [1.807, 2.05) is 0 Å². The number of allylic oxidation sites excluding steroid dienone is 2. The molecule has 1 aromatic rings. The van der Waals surface area contributed by atoms with Crippen LogP contribution in [0.5, 0.6) is 5.75 Å². The SMILES string of the molecule is CCc1c(F)c(OC)c(F)c(F)c1COC(=O)[C@@H]1[C@H](/C=C(\Cl)C(F)(F)F)C1(C)C. The van der Waals surface area contributed by atoms with E-state index >= 15 is 0 Å². The second kappa shape index (κ2) is 8.08. The number of esters is 1. The van der Waals surface area contributed by atoms with Gasteiger partial charge in [0.15, 0.2) is 17.4 Å². The van der Waals surface area contributed by atoms with Crippen LogP contribution in [-0.4, -0.2) is 19.3 Å². The average Bonchev–Trinajstić information content (AvgIpc) is 3.16. The highest BCUT2D eigenvalue weighted by Gasteiger charge is 2.62. The van der Waals surface area contributed by atoms with Crippen molar-refractivity contribution >= 4 is 17.6 Å². The molecular weight excluding hydrogens is 426 g/mol. The first kappa shape index (κ1) is 23.4. The van der Waals surface area contributed by atoms with Crippen LogP contribution >= 0.6 is 11.6 Å². The molecule has 1 aromatic carbocycles. The molecule has 2 rings (SSSR count). The predicted octanol–water partition coefficient (Wildman–Crippen LogP) is 5.68. The number of hydrogen-bond acceptors (Lipinski definition) is 3. The van der Waals surface area contributed by atoms with Crippen LogP contribution in [0.15, 0.2) is 11.1 Å². The van der Waals surface area contributed by atoms with E-state index in [2.05, 4.69) is 4.74 Å². The summed E-state index contributed by atoms with van der Waals surface area (Å²) in [6.07, 6.45) is -4.04. The van der Waals surface area contributed by atoms with Crippen molar-refractivity contribution in [1.29, 1.82) is 0 Å². The van der Waals surface area contributed by atoms with Crippen LogP contribution in [-0.2, 0) is 22.6 Å². The van der Waals surface area contributed by atoms with Crippen LogP contribution < -0.4 is 4.74 Å². The van der Waals surface area contributed by atoms with Crippen molar-refractivity contribution in [2.75, 3.05) is 7.11 Å². The zero-order valence-corrected chi connectivity index (χ0v) is 16.8. The summed E-state index contributed by atoms with van der Waals surface area (Å²) in [5, 5.41) is -1.36. The van der Waals surface area contributed by atoms with E-state index in [1.54, 1.807) is 13.8 Å². The minimum absolute atomic E-state index is 0.0340. The molecule has 0 saturated heterocycles. The van der Waals surface area contributed by atoms with Gasteiger partial charge < -0.3 is 9.47 Å². The van der Waals surface area contributed by atoms with Gasteiger partial charge in [-0.2, -0.15) is 17.6 Å².